The topological polar surface area (TPSA) is 101 Å². The van der Waals surface area contributed by atoms with E-state index in [1.54, 1.807) is 18.2 Å². The second-order valence-corrected chi connectivity index (χ2v) is 6.79. The summed E-state index contributed by atoms with van der Waals surface area (Å²) in [5.74, 6) is -0.288. The summed E-state index contributed by atoms with van der Waals surface area (Å²) in [6.45, 7) is 0. The first-order valence-electron chi connectivity index (χ1n) is 8.00. The molecule has 0 radical (unpaired) electrons. The molecule has 4 rings (SSSR count). The first kappa shape index (κ1) is 16.6. The second kappa shape index (κ2) is 6.45. The number of fused-ring (bicyclic) bond motifs is 1. The van der Waals surface area contributed by atoms with Gasteiger partial charge in [-0.05, 0) is 28.8 Å². The third-order valence-electron chi connectivity index (χ3n) is 4.37. The van der Waals surface area contributed by atoms with Gasteiger partial charge in [-0.15, -0.1) is 11.3 Å². The van der Waals surface area contributed by atoms with Gasteiger partial charge in [-0.25, -0.2) is 0 Å². The molecule has 2 heterocycles. The Morgan fingerprint density at radius 3 is 2.07 bits per heavy atom. The molecule has 0 aliphatic heterocycles. The number of aromatic nitrogens is 1. The van der Waals surface area contributed by atoms with Gasteiger partial charge in [0.25, 0.3) is 5.56 Å². The molecule has 27 heavy (non-hydrogen) atoms. The number of thiophene rings is 1. The lowest BCUT2D eigenvalue weighted by atomic mass is 9.99. The Bertz CT molecular complexity index is 1300. The van der Waals surface area contributed by atoms with Gasteiger partial charge in [0, 0.05) is 10.9 Å². The molecule has 0 unspecified atom stereocenters. The molecule has 4 aromatic rings. The highest BCUT2D eigenvalue weighted by atomic mass is 32.1. The summed E-state index contributed by atoms with van der Waals surface area (Å²) >= 11 is 1.31. The lowest BCUT2D eigenvalue weighted by Gasteiger charge is -2.06. The maximum absolute atomic E-state index is 11.8. The van der Waals surface area contributed by atoms with Gasteiger partial charge >= 0.3 is 0 Å². The van der Waals surface area contributed by atoms with Crippen molar-refractivity contribution in [2.45, 2.75) is 0 Å². The van der Waals surface area contributed by atoms with Crippen LogP contribution in [-0.4, -0.2) is 10.1 Å². The third kappa shape index (κ3) is 2.75. The minimum Gasteiger partial charge on any atom is -0.506 e. The van der Waals surface area contributed by atoms with Crippen LogP contribution in [0.2, 0.25) is 0 Å². The highest BCUT2D eigenvalue weighted by molar-refractivity contribution is 7.17. The predicted octanol–water partition coefficient (Wildman–Crippen LogP) is 4.37. The van der Waals surface area contributed by atoms with Gasteiger partial charge in [0.05, 0.1) is 17.0 Å². The fraction of sp³-hybridized carbons (Fsp3) is 0. The first-order valence-corrected chi connectivity index (χ1v) is 8.88. The van der Waals surface area contributed by atoms with Crippen LogP contribution in [0.15, 0.2) is 58.7 Å². The van der Waals surface area contributed by atoms with Crippen LogP contribution in [0.25, 0.3) is 32.5 Å². The SMILES string of the molecule is N#Cc1ccc(-c2ccc(-c3csc4[nH]c(=O)c(C#N)c(O)c34)cc2)cc1. The summed E-state index contributed by atoms with van der Waals surface area (Å²) in [6.07, 6.45) is 0. The minimum absolute atomic E-state index is 0.281. The molecule has 2 aromatic carbocycles. The van der Waals surface area contributed by atoms with Gasteiger partial charge in [0.1, 0.15) is 16.6 Å². The minimum atomic E-state index is -0.591. The Labute approximate surface area is 158 Å². The summed E-state index contributed by atoms with van der Waals surface area (Å²) in [5.41, 5.74) is 3.35. The molecule has 0 saturated heterocycles. The van der Waals surface area contributed by atoms with Crippen LogP contribution in [0.4, 0.5) is 0 Å². The molecule has 0 bridgehead atoms. The number of nitrogens with one attached hydrogen (secondary N) is 1. The van der Waals surface area contributed by atoms with Gasteiger partial charge < -0.3 is 10.1 Å². The smallest absolute Gasteiger partial charge is 0.270 e. The largest absolute Gasteiger partial charge is 0.506 e. The highest BCUT2D eigenvalue weighted by Crippen LogP contribution is 2.39. The Hall–Kier alpha value is -3.87. The van der Waals surface area contributed by atoms with Gasteiger partial charge in [0.15, 0.2) is 5.56 Å². The summed E-state index contributed by atoms with van der Waals surface area (Å²) in [7, 11) is 0. The van der Waals surface area contributed by atoms with E-state index in [1.165, 1.54) is 11.3 Å². The maximum atomic E-state index is 11.8. The van der Waals surface area contributed by atoms with Crippen LogP contribution in [0, 0.1) is 22.7 Å². The molecule has 2 N–H and O–H groups in total. The molecule has 0 spiro atoms. The molecule has 6 heteroatoms. The van der Waals surface area contributed by atoms with Crippen LogP contribution in [0.5, 0.6) is 5.75 Å². The van der Waals surface area contributed by atoms with E-state index in [1.807, 2.05) is 41.8 Å². The van der Waals surface area contributed by atoms with Crippen molar-refractivity contribution >= 4 is 21.6 Å². The zero-order valence-electron chi connectivity index (χ0n) is 13.9. The van der Waals surface area contributed by atoms with Crippen molar-refractivity contribution in [2.24, 2.45) is 0 Å². The van der Waals surface area contributed by atoms with Crippen molar-refractivity contribution in [2.75, 3.05) is 0 Å². The molecule has 0 aliphatic rings. The van der Waals surface area contributed by atoms with Crippen molar-refractivity contribution in [1.82, 2.24) is 4.98 Å². The number of nitrogens with zero attached hydrogens (tertiary/aromatic N) is 2. The molecule has 0 amide bonds. The molecular weight excluding hydrogens is 358 g/mol. The van der Waals surface area contributed by atoms with Gasteiger partial charge in [-0.3, -0.25) is 4.79 Å². The van der Waals surface area contributed by atoms with Crippen molar-refractivity contribution in [3.8, 4) is 40.1 Å². The summed E-state index contributed by atoms with van der Waals surface area (Å²) < 4.78 is 0. The molecule has 0 fully saturated rings. The van der Waals surface area contributed by atoms with Crippen molar-refractivity contribution in [1.29, 1.82) is 10.5 Å². The summed E-state index contributed by atoms with van der Waals surface area (Å²) in [6, 6.07) is 18.9. The summed E-state index contributed by atoms with van der Waals surface area (Å²) in [5, 5.41) is 30.7. The zero-order chi connectivity index (χ0) is 19.0. The van der Waals surface area contributed by atoms with Crippen LogP contribution < -0.4 is 5.56 Å². The number of hydrogen-bond acceptors (Lipinski definition) is 5. The lowest BCUT2D eigenvalue weighted by molar-refractivity contribution is 0.479. The molecule has 128 valence electrons. The molecule has 0 saturated carbocycles. The normalized spacial score (nSPS) is 10.4. The first-order chi connectivity index (χ1) is 13.1. The maximum Gasteiger partial charge on any atom is 0.270 e. The Morgan fingerprint density at radius 1 is 0.889 bits per heavy atom. The number of hydrogen-bond donors (Lipinski definition) is 2. The molecule has 0 atom stereocenters. The quantitative estimate of drug-likeness (QED) is 0.548. The van der Waals surface area contributed by atoms with Crippen LogP contribution in [0.1, 0.15) is 11.1 Å². The molecule has 5 nitrogen and oxygen atoms in total. The van der Waals surface area contributed by atoms with Crippen LogP contribution in [0.3, 0.4) is 0 Å². The van der Waals surface area contributed by atoms with E-state index >= 15 is 0 Å². The monoisotopic (exact) mass is 369 g/mol. The van der Waals surface area contributed by atoms with E-state index in [0.717, 1.165) is 22.3 Å². The number of rotatable bonds is 2. The number of pyridine rings is 1. The zero-order valence-corrected chi connectivity index (χ0v) is 14.7. The van der Waals surface area contributed by atoms with Gasteiger partial charge in [0.2, 0.25) is 0 Å². The van der Waals surface area contributed by atoms with Crippen molar-refractivity contribution < 1.29 is 5.11 Å². The van der Waals surface area contributed by atoms with Gasteiger partial charge in [-0.1, -0.05) is 36.4 Å². The van der Waals surface area contributed by atoms with Crippen LogP contribution in [-0.2, 0) is 0 Å². The molecule has 2 aromatic heterocycles. The number of H-pyrrole nitrogens is 1. The van der Waals surface area contributed by atoms with E-state index in [9.17, 15) is 9.90 Å². The standard InChI is InChI=1S/C21H11N3O2S/c22-9-12-1-3-13(4-2-12)14-5-7-15(8-6-14)17-11-27-21-18(17)19(25)16(10-23)20(26)24-21/h1-8,11H,(H2,24,25,26). The average Bonchev–Trinajstić information content (AvgIpc) is 3.12. The fourth-order valence-electron chi connectivity index (χ4n) is 2.98. The number of aromatic amines is 1. The van der Waals surface area contributed by atoms with E-state index < -0.39 is 5.56 Å². The van der Waals surface area contributed by atoms with Crippen molar-refractivity contribution in [3.63, 3.8) is 0 Å². The van der Waals surface area contributed by atoms with E-state index in [4.69, 9.17) is 10.5 Å². The number of aromatic hydroxyl groups is 1. The van der Waals surface area contributed by atoms with E-state index in [-0.39, 0.29) is 11.3 Å². The van der Waals surface area contributed by atoms with Gasteiger partial charge in [-0.2, -0.15) is 10.5 Å². The predicted molar refractivity (Wildman–Crippen MR) is 104 cm³/mol. The Balaban J connectivity index is 1.80. The van der Waals surface area contributed by atoms with Crippen molar-refractivity contribution in [3.05, 3.63) is 75.4 Å². The Kier molecular flexibility index (Phi) is 3.97. The number of nitriles is 2. The summed E-state index contributed by atoms with van der Waals surface area (Å²) in [4.78, 5) is 15.0. The molecule has 0 aliphatic carbocycles. The second-order valence-electron chi connectivity index (χ2n) is 5.91. The average molecular weight is 369 g/mol. The Morgan fingerprint density at radius 2 is 1.48 bits per heavy atom. The highest BCUT2D eigenvalue weighted by Gasteiger charge is 2.17. The fourth-order valence-corrected chi connectivity index (χ4v) is 3.94. The molecular formula is C21H11N3O2S. The van der Waals surface area contributed by atoms with E-state index in [0.29, 0.717) is 15.8 Å². The van der Waals surface area contributed by atoms with E-state index in [2.05, 4.69) is 11.1 Å². The lowest BCUT2D eigenvalue weighted by Crippen LogP contribution is -2.09. The third-order valence-corrected chi connectivity index (χ3v) is 5.27. The van der Waals surface area contributed by atoms with Crippen LogP contribution >= 0.6 is 11.3 Å². The number of benzene rings is 2.